The maximum atomic E-state index is 13.6. The van der Waals surface area contributed by atoms with E-state index in [1.807, 2.05) is 12.1 Å². The zero-order valence-corrected chi connectivity index (χ0v) is 17.9. The number of halogens is 2. The van der Waals surface area contributed by atoms with Crippen molar-refractivity contribution in [2.75, 3.05) is 26.2 Å². The molecule has 0 saturated carbocycles. The number of likely N-dealkylation sites (tertiary alicyclic amines) is 1. The number of hydrogen-bond acceptors (Lipinski definition) is 3. The summed E-state index contributed by atoms with van der Waals surface area (Å²) in [5.74, 6) is -0.299. The molecular formula is C25H27F2N3O2. The molecule has 168 valence electrons. The minimum Gasteiger partial charge on any atom is -0.319 e. The van der Waals surface area contributed by atoms with Gasteiger partial charge in [0.15, 0.2) is 0 Å². The smallest absolute Gasteiger partial charge is 0.319 e. The number of urea groups is 1. The van der Waals surface area contributed by atoms with Crippen LogP contribution in [-0.4, -0.2) is 47.9 Å². The summed E-state index contributed by atoms with van der Waals surface area (Å²) in [6.07, 6.45) is 3.81. The number of hydrogen-bond donors (Lipinski definition) is 1. The second-order valence-corrected chi connectivity index (χ2v) is 9.11. The Balaban J connectivity index is 1.14. The van der Waals surface area contributed by atoms with E-state index in [0.29, 0.717) is 31.7 Å². The molecule has 1 N–H and O–H groups in total. The summed E-state index contributed by atoms with van der Waals surface area (Å²) in [6, 6.07) is 10.9. The monoisotopic (exact) mass is 439 g/mol. The first kappa shape index (κ1) is 21.1. The Morgan fingerprint density at radius 1 is 0.969 bits per heavy atom. The summed E-state index contributed by atoms with van der Waals surface area (Å²) in [5, 5.41) is 2.90. The highest BCUT2D eigenvalue weighted by Gasteiger charge is 2.55. The van der Waals surface area contributed by atoms with Gasteiger partial charge in [-0.25, -0.2) is 13.6 Å². The number of benzene rings is 2. The highest BCUT2D eigenvalue weighted by atomic mass is 19.1. The zero-order valence-electron chi connectivity index (χ0n) is 17.9. The third-order valence-electron chi connectivity index (χ3n) is 7.26. The zero-order chi connectivity index (χ0) is 22.3. The molecule has 1 aliphatic carbocycles. The van der Waals surface area contributed by atoms with Gasteiger partial charge in [-0.15, -0.1) is 0 Å². The summed E-state index contributed by atoms with van der Waals surface area (Å²) in [5.41, 5.74) is 1.67. The van der Waals surface area contributed by atoms with E-state index in [-0.39, 0.29) is 23.6 Å². The molecule has 2 aromatic rings. The summed E-state index contributed by atoms with van der Waals surface area (Å²) in [6.45, 7) is 3.10. The molecule has 2 aliphatic heterocycles. The number of carbonyl (C=O) groups excluding carboxylic acids is 2. The van der Waals surface area contributed by atoms with Gasteiger partial charge in [0.05, 0.1) is 0 Å². The molecule has 5 nitrogen and oxygen atoms in total. The second-order valence-electron chi connectivity index (χ2n) is 9.11. The summed E-state index contributed by atoms with van der Waals surface area (Å²) < 4.78 is 26.7. The standard InChI is InChI=1S/C25H27F2N3O2/c26-20-4-2-17(3-5-20)18-9-14-29(15-10-18)12-1-13-30-23(31)25(28-24(30)32)11-8-19-16-21(27)6-7-22(19)25/h2-7,16,18H,1,8-15H2,(H,28,32). The van der Waals surface area contributed by atoms with Crippen LogP contribution in [0.3, 0.4) is 0 Å². The van der Waals surface area contributed by atoms with Gasteiger partial charge in [-0.1, -0.05) is 18.2 Å². The number of amides is 3. The fourth-order valence-electron chi connectivity index (χ4n) is 5.50. The molecule has 1 atom stereocenters. The highest BCUT2D eigenvalue weighted by Crippen LogP contribution is 2.41. The molecule has 0 bridgehead atoms. The molecule has 1 spiro atoms. The topological polar surface area (TPSA) is 52.7 Å². The van der Waals surface area contributed by atoms with Crippen molar-refractivity contribution in [3.8, 4) is 0 Å². The van der Waals surface area contributed by atoms with Crippen molar-refractivity contribution < 1.29 is 18.4 Å². The molecule has 0 radical (unpaired) electrons. The number of nitrogens with zero attached hydrogens (tertiary/aromatic N) is 2. The van der Waals surface area contributed by atoms with Crippen LogP contribution in [0.25, 0.3) is 0 Å². The minimum atomic E-state index is -1.03. The Bertz CT molecular complexity index is 1030. The number of imide groups is 1. The van der Waals surface area contributed by atoms with Gasteiger partial charge < -0.3 is 10.2 Å². The molecule has 2 heterocycles. The van der Waals surface area contributed by atoms with Crippen LogP contribution >= 0.6 is 0 Å². The van der Waals surface area contributed by atoms with E-state index in [1.165, 1.54) is 34.7 Å². The van der Waals surface area contributed by atoms with E-state index in [0.717, 1.165) is 43.6 Å². The Morgan fingerprint density at radius 2 is 1.69 bits per heavy atom. The van der Waals surface area contributed by atoms with Gasteiger partial charge in [0, 0.05) is 6.54 Å². The lowest BCUT2D eigenvalue weighted by atomic mass is 9.89. The quantitative estimate of drug-likeness (QED) is 0.719. The Kier molecular flexibility index (Phi) is 5.45. The summed E-state index contributed by atoms with van der Waals surface area (Å²) in [7, 11) is 0. The lowest BCUT2D eigenvalue weighted by Crippen LogP contribution is -2.42. The predicted molar refractivity (Wildman–Crippen MR) is 116 cm³/mol. The summed E-state index contributed by atoms with van der Waals surface area (Å²) in [4.78, 5) is 29.5. The first-order valence-electron chi connectivity index (χ1n) is 11.4. The van der Waals surface area contributed by atoms with Gasteiger partial charge in [0.2, 0.25) is 0 Å². The Hall–Kier alpha value is -2.80. The number of fused-ring (bicyclic) bond motifs is 2. The van der Waals surface area contributed by atoms with E-state index in [4.69, 9.17) is 0 Å². The van der Waals surface area contributed by atoms with Crippen LogP contribution in [0.1, 0.15) is 48.3 Å². The molecule has 3 amide bonds. The predicted octanol–water partition coefficient (Wildman–Crippen LogP) is 3.93. The van der Waals surface area contributed by atoms with Crippen LogP contribution in [0.4, 0.5) is 13.6 Å². The van der Waals surface area contributed by atoms with Crippen molar-refractivity contribution >= 4 is 11.9 Å². The van der Waals surface area contributed by atoms with Gasteiger partial charge in [0.1, 0.15) is 17.2 Å². The van der Waals surface area contributed by atoms with E-state index < -0.39 is 5.54 Å². The van der Waals surface area contributed by atoms with Crippen molar-refractivity contribution in [1.29, 1.82) is 0 Å². The molecule has 2 aromatic carbocycles. The largest absolute Gasteiger partial charge is 0.325 e. The fourth-order valence-corrected chi connectivity index (χ4v) is 5.50. The number of aryl methyl sites for hydroxylation is 1. The molecule has 32 heavy (non-hydrogen) atoms. The van der Waals surface area contributed by atoms with Gasteiger partial charge >= 0.3 is 6.03 Å². The van der Waals surface area contributed by atoms with Gasteiger partial charge in [0.25, 0.3) is 5.91 Å². The Labute approximate surface area is 186 Å². The maximum absolute atomic E-state index is 13.6. The molecule has 1 unspecified atom stereocenters. The summed E-state index contributed by atoms with van der Waals surface area (Å²) >= 11 is 0. The minimum absolute atomic E-state index is 0.207. The van der Waals surface area contributed by atoms with Crippen LogP contribution in [0.15, 0.2) is 42.5 Å². The molecule has 5 rings (SSSR count). The van der Waals surface area contributed by atoms with Crippen LogP contribution in [0, 0.1) is 11.6 Å². The van der Waals surface area contributed by atoms with E-state index in [9.17, 15) is 18.4 Å². The fraction of sp³-hybridized carbons (Fsp3) is 0.440. The SMILES string of the molecule is O=C1NC2(CCc3cc(F)ccc32)C(=O)N1CCCN1CCC(c2ccc(F)cc2)CC1. The third kappa shape index (κ3) is 3.68. The van der Waals surface area contributed by atoms with Gasteiger partial charge in [-0.2, -0.15) is 0 Å². The lowest BCUT2D eigenvalue weighted by Gasteiger charge is -2.32. The normalized spacial score (nSPS) is 23.8. The van der Waals surface area contributed by atoms with E-state index in [1.54, 1.807) is 6.07 Å². The van der Waals surface area contributed by atoms with Crippen molar-refractivity contribution in [1.82, 2.24) is 15.1 Å². The number of piperidine rings is 1. The highest BCUT2D eigenvalue weighted by molar-refractivity contribution is 6.08. The van der Waals surface area contributed by atoms with Crippen LogP contribution in [-0.2, 0) is 16.8 Å². The number of nitrogens with one attached hydrogen (secondary N) is 1. The number of rotatable bonds is 5. The van der Waals surface area contributed by atoms with Crippen molar-refractivity contribution in [2.24, 2.45) is 0 Å². The van der Waals surface area contributed by atoms with Crippen molar-refractivity contribution in [2.45, 2.75) is 43.6 Å². The third-order valence-corrected chi connectivity index (χ3v) is 7.26. The van der Waals surface area contributed by atoms with Gasteiger partial charge in [-0.05, 0) is 98.6 Å². The first-order chi connectivity index (χ1) is 15.5. The van der Waals surface area contributed by atoms with Crippen molar-refractivity contribution in [3.05, 3.63) is 70.8 Å². The van der Waals surface area contributed by atoms with Gasteiger partial charge in [-0.3, -0.25) is 9.69 Å². The molecule has 3 aliphatic rings. The average molecular weight is 440 g/mol. The van der Waals surface area contributed by atoms with Crippen LogP contribution < -0.4 is 5.32 Å². The van der Waals surface area contributed by atoms with E-state index in [2.05, 4.69) is 10.2 Å². The number of carbonyl (C=O) groups is 2. The molecule has 0 aromatic heterocycles. The molecule has 7 heteroatoms. The van der Waals surface area contributed by atoms with Crippen LogP contribution in [0.2, 0.25) is 0 Å². The van der Waals surface area contributed by atoms with Crippen molar-refractivity contribution in [3.63, 3.8) is 0 Å². The first-order valence-corrected chi connectivity index (χ1v) is 11.4. The molecule has 2 fully saturated rings. The second kappa shape index (κ2) is 8.28. The lowest BCUT2D eigenvalue weighted by molar-refractivity contribution is -0.131. The molecule has 2 saturated heterocycles. The maximum Gasteiger partial charge on any atom is 0.325 e. The van der Waals surface area contributed by atoms with Crippen LogP contribution in [0.5, 0.6) is 0 Å². The van der Waals surface area contributed by atoms with E-state index >= 15 is 0 Å². The average Bonchev–Trinajstić information content (AvgIpc) is 3.26. The molecular weight excluding hydrogens is 412 g/mol. The Morgan fingerprint density at radius 3 is 2.44 bits per heavy atom.